The zero-order valence-corrected chi connectivity index (χ0v) is 26.0. The zero-order chi connectivity index (χ0) is 29.7. The van der Waals surface area contributed by atoms with Crippen molar-refractivity contribution in [3.8, 4) is 5.75 Å². The van der Waals surface area contributed by atoms with E-state index in [1.165, 1.54) is 24.1 Å². The van der Waals surface area contributed by atoms with Crippen LogP contribution in [0.3, 0.4) is 0 Å². The lowest BCUT2D eigenvalue weighted by Crippen LogP contribution is -2.54. The number of methoxy groups -OCH3 is 1. The summed E-state index contributed by atoms with van der Waals surface area (Å²) in [6.45, 7) is 8.70. The molecule has 0 spiro atoms. The van der Waals surface area contributed by atoms with Gasteiger partial charge < -0.3 is 15.0 Å². The fraction of sp³-hybridized carbons (Fsp3) is 0.333. The molecule has 8 nitrogen and oxygen atoms in total. The summed E-state index contributed by atoms with van der Waals surface area (Å²) in [5.41, 5.74) is 1.49. The van der Waals surface area contributed by atoms with Crippen LogP contribution in [0.15, 0.2) is 82.2 Å². The van der Waals surface area contributed by atoms with E-state index < -0.39 is 34.1 Å². The van der Waals surface area contributed by atoms with Gasteiger partial charge in [-0.1, -0.05) is 45.8 Å². The van der Waals surface area contributed by atoms with Crippen molar-refractivity contribution in [1.82, 2.24) is 10.2 Å². The largest absolute Gasteiger partial charge is 0.497 e. The number of nitrogens with one attached hydrogen (secondary N) is 1. The van der Waals surface area contributed by atoms with Crippen LogP contribution in [0, 0.1) is 6.92 Å². The first-order valence-electron chi connectivity index (χ1n) is 12.8. The summed E-state index contributed by atoms with van der Waals surface area (Å²) in [5.74, 6) is -0.312. The molecule has 3 rings (SSSR count). The number of hydrogen-bond donors (Lipinski definition) is 1. The Morgan fingerprint density at radius 1 is 0.950 bits per heavy atom. The van der Waals surface area contributed by atoms with Crippen LogP contribution in [0.5, 0.6) is 5.75 Å². The van der Waals surface area contributed by atoms with E-state index in [9.17, 15) is 18.0 Å². The van der Waals surface area contributed by atoms with E-state index in [0.717, 1.165) is 19.9 Å². The van der Waals surface area contributed by atoms with Crippen molar-refractivity contribution in [2.75, 3.05) is 18.0 Å². The van der Waals surface area contributed by atoms with Crippen LogP contribution in [0.25, 0.3) is 0 Å². The Kier molecular flexibility index (Phi) is 10.0. The standard InChI is InChI=1S/C30H36BrN3O5S/c1-21-7-17-27(18-8-21)40(37,38)34(25-13-15-26(39-6)16-14-25)20-28(35)33(19-23-9-11-24(31)12-10-23)22(2)29(36)32-30(3,4)5/h7-18,22H,19-20H2,1-6H3,(H,32,36). The number of halogens is 1. The summed E-state index contributed by atoms with van der Waals surface area (Å²) in [6.07, 6.45) is 0. The molecule has 40 heavy (non-hydrogen) atoms. The van der Waals surface area contributed by atoms with Gasteiger partial charge in [-0.2, -0.15) is 0 Å². The average molecular weight is 631 g/mol. The highest BCUT2D eigenvalue weighted by atomic mass is 79.9. The summed E-state index contributed by atoms with van der Waals surface area (Å²) >= 11 is 3.42. The quantitative estimate of drug-likeness (QED) is 0.329. The number of benzene rings is 3. The van der Waals surface area contributed by atoms with Crippen LogP contribution in [-0.4, -0.2) is 50.4 Å². The topological polar surface area (TPSA) is 96.0 Å². The first-order chi connectivity index (χ1) is 18.7. The maximum atomic E-state index is 14.0. The van der Waals surface area contributed by atoms with Crippen molar-refractivity contribution in [2.45, 2.75) is 57.6 Å². The molecule has 214 valence electrons. The summed E-state index contributed by atoms with van der Waals surface area (Å²) in [5, 5.41) is 2.92. The predicted octanol–water partition coefficient (Wildman–Crippen LogP) is 5.29. The molecule has 0 saturated heterocycles. The van der Waals surface area contributed by atoms with Crippen LogP contribution in [0.4, 0.5) is 5.69 Å². The molecular weight excluding hydrogens is 594 g/mol. The lowest BCUT2D eigenvalue weighted by atomic mass is 10.1. The summed E-state index contributed by atoms with van der Waals surface area (Å²) in [7, 11) is -2.62. The minimum atomic E-state index is -4.13. The molecule has 0 aromatic heterocycles. The normalized spacial score (nSPS) is 12.4. The second-order valence-corrected chi connectivity index (χ2v) is 13.4. The zero-order valence-electron chi connectivity index (χ0n) is 23.6. The third kappa shape index (κ3) is 8.08. The molecule has 0 radical (unpaired) electrons. The van der Waals surface area contributed by atoms with E-state index >= 15 is 0 Å². The average Bonchev–Trinajstić information content (AvgIpc) is 2.90. The third-order valence-electron chi connectivity index (χ3n) is 6.18. The molecule has 0 heterocycles. The van der Waals surface area contributed by atoms with E-state index in [-0.39, 0.29) is 17.3 Å². The lowest BCUT2D eigenvalue weighted by molar-refractivity contribution is -0.140. The first-order valence-corrected chi connectivity index (χ1v) is 15.0. The van der Waals surface area contributed by atoms with Gasteiger partial charge in [-0.15, -0.1) is 0 Å². The number of carbonyl (C=O) groups excluding carboxylic acids is 2. The van der Waals surface area contributed by atoms with Crippen LogP contribution < -0.4 is 14.4 Å². The Balaban J connectivity index is 2.03. The van der Waals surface area contributed by atoms with Crippen molar-refractivity contribution < 1.29 is 22.7 Å². The molecule has 0 aliphatic heterocycles. The number of rotatable bonds is 10. The fourth-order valence-electron chi connectivity index (χ4n) is 3.96. The van der Waals surface area contributed by atoms with Crippen LogP contribution >= 0.6 is 15.9 Å². The number of carbonyl (C=O) groups is 2. The van der Waals surface area contributed by atoms with Gasteiger partial charge in [0, 0.05) is 16.6 Å². The van der Waals surface area contributed by atoms with Gasteiger partial charge >= 0.3 is 0 Å². The van der Waals surface area contributed by atoms with Gasteiger partial charge in [0.2, 0.25) is 11.8 Å². The number of ether oxygens (including phenoxy) is 1. The Hall–Kier alpha value is -3.37. The highest BCUT2D eigenvalue weighted by Gasteiger charge is 2.33. The number of anilines is 1. The highest BCUT2D eigenvalue weighted by Crippen LogP contribution is 2.27. The number of amides is 2. The Labute approximate surface area is 245 Å². The number of sulfonamides is 1. The predicted molar refractivity (Wildman–Crippen MR) is 161 cm³/mol. The summed E-state index contributed by atoms with van der Waals surface area (Å²) in [4.78, 5) is 28.6. The molecule has 3 aromatic carbocycles. The SMILES string of the molecule is COc1ccc(N(CC(=O)N(Cc2ccc(Br)cc2)C(C)C(=O)NC(C)(C)C)S(=O)(=O)c2ccc(C)cc2)cc1. The van der Waals surface area contributed by atoms with E-state index in [1.54, 1.807) is 43.3 Å². The molecule has 1 atom stereocenters. The van der Waals surface area contributed by atoms with Crippen molar-refractivity contribution >= 4 is 43.5 Å². The van der Waals surface area contributed by atoms with Crippen LogP contribution in [0.2, 0.25) is 0 Å². The van der Waals surface area contributed by atoms with Gasteiger partial charge in [-0.05, 0) is 88.7 Å². The van der Waals surface area contributed by atoms with Gasteiger partial charge in [0.25, 0.3) is 10.0 Å². The van der Waals surface area contributed by atoms with Gasteiger partial charge in [0.1, 0.15) is 18.3 Å². The van der Waals surface area contributed by atoms with E-state index in [0.29, 0.717) is 11.4 Å². The minimum absolute atomic E-state index is 0.0553. The maximum Gasteiger partial charge on any atom is 0.264 e. The van der Waals surface area contributed by atoms with E-state index in [2.05, 4.69) is 21.2 Å². The summed E-state index contributed by atoms with van der Waals surface area (Å²) < 4.78 is 34.9. The molecule has 1 N–H and O–H groups in total. The molecule has 10 heteroatoms. The Bertz CT molecular complexity index is 1420. The molecule has 0 fully saturated rings. The van der Waals surface area contributed by atoms with E-state index in [1.807, 2.05) is 52.0 Å². The van der Waals surface area contributed by atoms with Crippen molar-refractivity contribution in [3.63, 3.8) is 0 Å². The summed E-state index contributed by atoms with van der Waals surface area (Å²) in [6, 6.07) is 19.4. The molecule has 2 amide bonds. The maximum absolute atomic E-state index is 14.0. The van der Waals surface area contributed by atoms with Crippen LogP contribution in [0.1, 0.15) is 38.8 Å². The molecule has 0 bridgehead atoms. The smallest absolute Gasteiger partial charge is 0.264 e. The molecule has 0 saturated carbocycles. The first kappa shape index (κ1) is 31.2. The van der Waals surface area contributed by atoms with Crippen molar-refractivity contribution in [3.05, 3.63) is 88.4 Å². The molecule has 0 aliphatic rings. The molecule has 0 aliphatic carbocycles. The molecule has 1 unspecified atom stereocenters. The number of aryl methyl sites for hydroxylation is 1. The van der Waals surface area contributed by atoms with Crippen LogP contribution in [-0.2, 0) is 26.2 Å². The lowest BCUT2D eigenvalue weighted by Gasteiger charge is -2.33. The monoisotopic (exact) mass is 629 g/mol. The fourth-order valence-corrected chi connectivity index (χ4v) is 5.64. The number of hydrogen-bond acceptors (Lipinski definition) is 5. The van der Waals surface area contributed by atoms with Crippen molar-refractivity contribution in [2.24, 2.45) is 0 Å². The second kappa shape index (κ2) is 12.9. The molecule has 3 aromatic rings. The van der Waals surface area contributed by atoms with Gasteiger partial charge in [0.05, 0.1) is 17.7 Å². The van der Waals surface area contributed by atoms with Crippen molar-refractivity contribution in [1.29, 1.82) is 0 Å². The van der Waals surface area contributed by atoms with Gasteiger partial charge in [-0.3, -0.25) is 13.9 Å². The highest BCUT2D eigenvalue weighted by molar-refractivity contribution is 9.10. The van der Waals surface area contributed by atoms with E-state index in [4.69, 9.17) is 4.74 Å². The Morgan fingerprint density at radius 3 is 2.05 bits per heavy atom. The second-order valence-electron chi connectivity index (χ2n) is 10.6. The van der Waals surface area contributed by atoms with Gasteiger partial charge in [0.15, 0.2) is 0 Å². The molecular formula is C30H36BrN3O5S. The Morgan fingerprint density at radius 2 is 1.52 bits per heavy atom. The third-order valence-corrected chi connectivity index (χ3v) is 8.50. The number of nitrogens with zero attached hydrogens (tertiary/aromatic N) is 2. The minimum Gasteiger partial charge on any atom is -0.497 e. The van der Waals surface area contributed by atoms with Gasteiger partial charge in [-0.25, -0.2) is 8.42 Å².